The van der Waals surface area contributed by atoms with Gasteiger partial charge in [0.2, 0.25) is 0 Å². The van der Waals surface area contributed by atoms with Crippen LogP contribution >= 0.6 is 15.9 Å². The first kappa shape index (κ1) is 13.2. The molecule has 2 N–H and O–H groups in total. The standard InChI is InChI=1S/C13H17BrN4/c1-8-7-16-5-4-10(8)11(15)6-12-13(14)9(2)17-18(12)3/h4-5,7,11H,6,15H2,1-3H3. The zero-order chi connectivity index (χ0) is 13.3. The molecule has 1 atom stereocenters. The molecule has 2 aromatic heterocycles. The van der Waals surface area contributed by atoms with Gasteiger partial charge in [0.15, 0.2) is 0 Å². The molecule has 0 aliphatic heterocycles. The number of nitrogens with zero attached hydrogens (tertiary/aromatic N) is 3. The Morgan fingerprint density at radius 3 is 2.72 bits per heavy atom. The lowest BCUT2D eigenvalue weighted by Gasteiger charge is -2.14. The Kier molecular flexibility index (Phi) is 3.82. The molecule has 2 aromatic rings. The molecule has 0 saturated carbocycles. The van der Waals surface area contributed by atoms with Gasteiger partial charge in [0.05, 0.1) is 15.9 Å². The largest absolute Gasteiger partial charge is 0.324 e. The third kappa shape index (κ3) is 2.47. The van der Waals surface area contributed by atoms with Crippen LogP contribution in [0.3, 0.4) is 0 Å². The zero-order valence-corrected chi connectivity index (χ0v) is 12.4. The Balaban J connectivity index is 2.27. The summed E-state index contributed by atoms with van der Waals surface area (Å²) in [5, 5.41) is 4.38. The maximum atomic E-state index is 6.29. The van der Waals surface area contributed by atoms with E-state index in [1.54, 1.807) is 6.20 Å². The number of hydrogen-bond acceptors (Lipinski definition) is 3. The summed E-state index contributed by atoms with van der Waals surface area (Å²) < 4.78 is 2.93. The van der Waals surface area contributed by atoms with Gasteiger partial charge in [-0.2, -0.15) is 5.10 Å². The van der Waals surface area contributed by atoms with E-state index in [0.29, 0.717) is 0 Å². The smallest absolute Gasteiger partial charge is 0.0738 e. The molecular formula is C13H17BrN4. The van der Waals surface area contributed by atoms with Crippen molar-refractivity contribution in [1.29, 1.82) is 0 Å². The topological polar surface area (TPSA) is 56.7 Å². The van der Waals surface area contributed by atoms with Gasteiger partial charge in [0.1, 0.15) is 0 Å². The highest BCUT2D eigenvalue weighted by Gasteiger charge is 2.16. The van der Waals surface area contributed by atoms with E-state index in [2.05, 4.69) is 26.0 Å². The van der Waals surface area contributed by atoms with Crippen LogP contribution in [0.5, 0.6) is 0 Å². The van der Waals surface area contributed by atoms with Crippen LogP contribution < -0.4 is 5.73 Å². The highest BCUT2D eigenvalue weighted by molar-refractivity contribution is 9.10. The summed E-state index contributed by atoms with van der Waals surface area (Å²) in [6.07, 6.45) is 4.38. The van der Waals surface area contributed by atoms with Gasteiger partial charge in [0.25, 0.3) is 0 Å². The second-order valence-corrected chi connectivity index (χ2v) is 5.31. The highest BCUT2D eigenvalue weighted by atomic mass is 79.9. The maximum Gasteiger partial charge on any atom is 0.0738 e. The fourth-order valence-corrected chi connectivity index (χ4v) is 2.62. The normalized spacial score (nSPS) is 12.7. The van der Waals surface area contributed by atoms with Crippen molar-refractivity contribution in [2.24, 2.45) is 12.8 Å². The molecule has 0 amide bonds. The monoisotopic (exact) mass is 308 g/mol. The van der Waals surface area contributed by atoms with Crippen molar-refractivity contribution < 1.29 is 0 Å². The minimum Gasteiger partial charge on any atom is -0.324 e. The Bertz CT molecular complexity index is 562. The van der Waals surface area contributed by atoms with Gasteiger partial charge in [0, 0.05) is 31.9 Å². The van der Waals surface area contributed by atoms with E-state index in [1.807, 2.05) is 37.8 Å². The molecule has 0 aromatic carbocycles. The van der Waals surface area contributed by atoms with Crippen LogP contribution in [0.25, 0.3) is 0 Å². The molecule has 4 nitrogen and oxygen atoms in total. The number of nitrogens with two attached hydrogens (primary N) is 1. The Hall–Kier alpha value is -1.20. The van der Waals surface area contributed by atoms with Gasteiger partial charge < -0.3 is 5.73 Å². The van der Waals surface area contributed by atoms with Crippen molar-refractivity contribution in [3.63, 3.8) is 0 Å². The lowest BCUT2D eigenvalue weighted by Crippen LogP contribution is -2.17. The first-order valence-corrected chi connectivity index (χ1v) is 6.64. The van der Waals surface area contributed by atoms with E-state index in [4.69, 9.17) is 5.73 Å². The SMILES string of the molecule is Cc1cnccc1C(N)Cc1c(Br)c(C)nn1C. The summed E-state index contributed by atoms with van der Waals surface area (Å²) in [6.45, 7) is 4.02. The highest BCUT2D eigenvalue weighted by Crippen LogP contribution is 2.25. The molecule has 0 aliphatic rings. The quantitative estimate of drug-likeness (QED) is 0.947. The molecule has 1 unspecified atom stereocenters. The van der Waals surface area contributed by atoms with E-state index < -0.39 is 0 Å². The average Bonchev–Trinajstić information content (AvgIpc) is 2.56. The minimum atomic E-state index is -0.0425. The van der Waals surface area contributed by atoms with Gasteiger partial charge in [-0.3, -0.25) is 9.67 Å². The molecule has 0 aliphatic carbocycles. The molecule has 0 spiro atoms. The molecule has 5 heteroatoms. The van der Waals surface area contributed by atoms with E-state index in [0.717, 1.165) is 33.4 Å². The van der Waals surface area contributed by atoms with Crippen molar-refractivity contribution in [3.8, 4) is 0 Å². The van der Waals surface area contributed by atoms with Gasteiger partial charge in [-0.05, 0) is 47.0 Å². The van der Waals surface area contributed by atoms with Gasteiger partial charge in [-0.15, -0.1) is 0 Å². The van der Waals surface area contributed by atoms with Crippen molar-refractivity contribution in [2.45, 2.75) is 26.3 Å². The fraction of sp³-hybridized carbons (Fsp3) is 0.385. The molecule has 2 heterocycles. The van der Waals surface area contributed by atoms with E-state index in [-0.39, 0.29) is 6.04 Å². The Morgan fingerprint density at radius 1 is 1.44 bits per heavy atom. The van der Waals surface area contributed by atoms with E-state index in [1.165, 1.54) is 0 Å². The fourth-order valence-electron chi connectivity index (χ4n) is 2.12. The summed E-state index contributed by atoms with van der Waals surface area (Å²) in [4.78, 5) is 4.09. The number of hydrogen-bond donors (Lipinski definition) is 1. The second-order valence-electron chi connectivity index (χ2n) is 4.51. The summed E-state index contributed by atoms with van der Waals surface area (Å²) in [5.41, 5.74) is 10.7. The van der Waals surface area contributed by atoms with Crippen LogP contribution in [-0.2, 0) is 13.5 Å². The van der Waals surface area contributed by atoms with Crippen LogP contribution in [0.1, 0.15) is 28.6 Å². The number of aromatic nitrogens is 3. The van der Waals surface area contributed by atoms with Crippen LogP contribution in [0.2, 0.25) is 0 Å². The summed E-state index contributed by atoms with van der Waals surface area (Å²) in [5.74, 6) is 0. The zero-order valence-electron chi connectivity index (χ0n) is 10.8. The predicted molar refractivity (Wildman–Crippen MR) is 75.3 cm³/mol. The van der Waals surface area contributed by atoms with Crippen molar-refractivity contribution in [2.75, 3.05) is 0 Å². The third-order valence-electron chi connectivity index (χ3n) is 3.14. The predicted octanol–water partition coefficient (Wildman–Crippen LogP) is 2.44. The van der Waals surface area contributed by atoms with Crippen LogP contribution in [-0.4, -0.2) is 14.8 Å². The van der Waals surface area contributed by atoms with Crippen LogP contribution in [0.15, 0.2) is 22.9 Å². The lowest BCUT2D eigenvalue weighted by atomic mass is 10.00. The first-order valence-electron chi connectivity index (χ1n) is 5.84. The average molecular weight is 309 g/mol. The maximum absolute atomic E-state index is 6.29. The summed E-state index contributed by atoms with van der Waals surface area (Å²) in [7, 11) is 1.94. The van der Waals surface area contributed by atoms with Crippen molar-refractivity contribution in [3.05, 3.63) is 45.4 Å². The van der Waals surface area contributed by atoms with Crippen LogP contribution in [0.4, 0.5) is 0 Å². The second kappa shape index (κ2) is 5.20. The molecule has 0 saturated heterocycles. The van der Waals surface area contributed by atoms with Crippen molar-refractivity contribution in [1.82, 2.24) is 14.8 Å². The Labute approximate surface area is 115 Å². The van der Waals surface area contributed by atoms with E-state index in [9.17, 15) is 0 Å². The summed E-state index contributed by atoms with van der Waals surface area (Å²) >= 11 is 3.57. The number of pyridine rings is 1. The number of aryl methyl sites for hydroxylation is 3. The van der Waals surface area contributed by atoms with Gasteiger partial charge in [-0.1, -0.05) is 0 Å². The molecule has 0 fully saturated rings. The Morgan fingerprint density at radius 2 is 2.17 bits per heavy atom. The first-order chi connectivity index (χ1) is 8.50. The molecular weight excluding hydrogens is 292 g/mol. The number of rotatable bonds is 3. The van der Waals surface area contributed by atoms with Gasteiger partial charge >= 0.3 is 0 Å². The van der Waals surface area contributed by atoms with Crippen LogP contribution in [0, 0.1) is 13.8 Å². The van der Waals surface area contributed by atoms with Gasteiger partial charge in [-0.25, -0.2) is 0 Å². The summed E-state index contributed by atoms with van der Waals surface area (Å²) in [6, 6.07) is 1.94. The van der Waals surface area contributed by atoms with E-state index >= 15 is 0 Å². The number of halogens is 1. The molecule has 2 rings (SSSR count). The third-order valence-corrected chi connectivity index (χ3v) is 4.17. The molecule has 18 heavy (non-hydrogen) atoms. The lowest BCUT2D eigenvalue weighted by molar-refractivity contribution is 0.635. The molecule has 0 bridgehead atoms. The molecule has 96 valence electrons. The van der Waals surface area contributed by atoms with Crippen molar-refractivity contribution >= 4 is 15.9 Å². The minimum absolute atomic E-state index is 0.0425. The molecule has 0 radical (unpaired) electrons.